The molecule has 0 radical (unpaired) electrons. The van der Waals surface area contributed by atoms with Gasteiger partial charge in [0.2, 0.25) is 0 Å². The van der Waals surface area contributed by atoms with Crippen LogP contribution in [-0.2, 0) is 12.2 Å². The normalized spacial score (nSPS) is 16.7. The molecule has 2 rings (SSSR count). The highest BCUT2D eigenvalue weighted by atomic mass is 31.0. The van der Waals surface area contributed by atoms with E-state index in [1.165, 1.54) is 34.3 Å². The summed E-state index contributed by atoms with van der Waals surface area (Å²) in [6.45, 7) is 0.709. The number of hydrogen-bond donors (Lipinski definition) is 1. The molecule has 1 heterocycles. The van der Waals surface area contributed by atoms with E-state index in [4.69, 9.17) is 0 Å². The van der Waals surface area contributed by atoms with Gasteiger partial charge >= 0.3 is 0 Å². The van der Waals surface area contributed by atoms with E-state index >= 15 is 0 Å². The molecule has 0 aliphatic heterocycles. The van der Waals surface area contributed by atoms with Crippen LogP contribution in [-0.4, -0.2) is 11.0 Å². The summed E-state index contributed by atoms with van der Waals surface area (Å²) in [6, 6.07) is 3.68. The lowest BCUT2D eigenvalue weighted by Crippen LogP contribution is -2.15. The van der Waals surface area contributed by atoms with E-state index in [0.717, 1.165) is 5.56 Å². The van der Waals surface area contributed by atoms with Crippen LogP contribution in [0, 0.1) is 0 Å². The molecule has 82 valence electrons. The molecule has 1 aliphatic rings. The Morgan fingerprint density at radius 1 is 1.47 bits per heavy atom. The SMILES string of the molecule is FC(F)(P)c1ccc(CNC2CC2)cn1. The van der Waals surface area contributed by atoms with Crippen LogP contribution < -0.4 is 5.32 Å². The van der Waals surface area contributed by atoms with E-state index in [-0.39, 0.29) is 5.69 Å². The molecule has 0 bridgehead atoms. The Morgan fingerprint density at radius 3 is 2.67 bits per heavy atom. The van der Waals surface area contributed by atoms with Crippen molar-refractivity contribution in [3.8, 4) is 0 Å². The molecule has 0 saturated heterocycles. The van der Waals surface area contributed by atoms with E-state index in [0.29, 0.717) is 12.6 Å². The van der Waals surface area contributed by atoms with Gasteiger partial charge in [0, 0.05) is 18.8 Å². The molecule has 1 aromatic heterocycles. The fraction of sp³-hybridized carbons (Fsp3) is 0.500. The minimum absolute atomic E-state index is 0.206. The fourth-order valence-electron chi connectivity index (χ4n) is 1.28. The van der Waals surface area contributed by atoms with E-state index in [1.807, 2.05) is 0 Å². The highest BCUT2D eigenvalue weighted by molar-refractivity contribution is 7.17. The van der Waals surface area contributed by atoms with E-state index < -0.39 is 5.66 Å². The number of halogens is 2. The summed E-state index contributed by atoms with van der Waals surface area (Å²) in [4.78, 5) is 3.74. The first-order valence-electron chi connectivity index (χ1n) is 4.91. The Kier molecular flexibility index (Phi) is 2.98. The maximum Gasteiger partial charge on any atom is 0.300 e. The average Bonchev–Trinajstić information content (AvgIpc) is 2.97. The number of rotatable bonds is 4. The van der Waals surface area contributed by atoms with Crippen molar-refractivity contribution in [2.24, 2.45) is 0 Å². The molecule has 1 saturated carbocycles. The standard InChI is InChI=1S/C10H13F2N2P/c11-10(12,15)9-4-1-7(6-14-9)5-13-8-2-3-8/h1,4,6,8,13H,2-3,5,15H2. The molecule has 2 nitrogen and oxygen atoms in total. The smallest absolute Gasteiger partial charge is 0.300 e. The number of nitrogens with zero attached hydrogens (tertiary/aromatic N) is 1. The van der Waals surface area contributed by atoms with Crippen LogP contribution in [0.1, 0.15) is 24.1 Å². The first-order valence-corrected chi connectivity index (χ1v) is 5.49. The van der Waals surface area contributed by atoms with Gasteiger partial charge in [-0.2, -0.15) is 8.78 Å². The molecular weight excluding hydrogens is 217 g/mol. The Labute approximate surface area is 89.7 Å². The summed E-state index contributed by atoms with van der Waals surface area (Å²) < 4.78 is 25.6. The molecule has 1 atom stereocenters. The number of alkyl halides is 2. The van der Waals surface area contributed by atoms with Crippen LogP contribution in [0.4, 0.5) is 8.78 Å². The van der Waals surface area contributed by atoms with Crippen molar-refractivity contribution in [1.82, 2.24) is 10.3 Å². The Hall–Kier alpha value is -0.600. The third kappa shape index (κ3) is 3.18. The van der Waals surface area contributed by atoms with Gasteiger partial charge in [0.05, 0.1) is 0 Å². The zero-order valence-corrected chi connectivity index (χ0v) is 9.37. The highest BCUT2D eigenvalue weighted by Gasteiger charge is 2.26. The van der Waals surface area contributed by atoms with Gasteiger partial charge in [-0.05, 0) is 24.5 Å². The molecule has 0 amide bonds. The summed E-state index contributed by atoms with van der Waals surface area (Å²) in [5, 5.41) is 3.30. The zero-order chi connectivity index (χ0) is 10.9. The van der Waals surface area contributed by atoms with Gasteiger partial charge in [-0.25, -0.2) is 0 Å². The summed E-state index contributed by atoms with van der Waals surface area (Å²) in [6.07, 6.45) is 3.94. The van der Waals surface area contributed by atoms with Gasteiger partial charge in [0.15, 0.2) is 0 Å². The van der Waals surface area contributed by atoms with Crippen molar-refractivity contribution in [2.45, 2.75) is 31.1 Å². The van der Waals surface area contributed by atoms with Gasteiger partial charge in [0.25, 0.3) is 5.66 Å². The summed E-state index contributed by atoms with van der Waals surface area (Å²) in [5.74, 6) is 0. The van der Waals surface area contributed by atoms with Crippen molar-refractivity contribution < 1.29 is 8.78 Å². The van der Waals surface area contributed by atoms with Crippen LogP contribution in [0.15, 0.2) is 18.3 Å². The topological polar surface area (TPSA) is 24.9 Å². The summed E-state index contributed by atoms with van der Waals surface area (Å²) in [5.41, 5.74) is -2.19. The monoisotopic (exact) mass is 230 g/mol. The lowest BCUT2D eigenvalue weighted by Gasteiger charge is -2.09. The maximum absolute atomic E-state index is 12.8. The third-order valence-electron chi connectivity index (χ3n) is 2.34. The van der Waals surface area contributed by atoms with Crippen molar-refractivity contribution in [3.05, 3.63) is 29.6 Å². The van der Waals surface area contributed by atoms with Crippen LogP contribution in [0.2, 0.25) is 0 Å². The Balaban J connectivity index is 1.96. The van der Waals surface area contributed by atoms with Crippen molar-refractivity contribution in [3.63, 3.8) is 0 Å². The summed E-state index contributed by atoms with van der Waals surface area (Å²) >= 11 is 0. The molecule has 1 aliphatic carbocycles. The maximum atomic E-state index is 12.8. The van der Waals surface area contributed by atoms with Crippen LogP contribution in [0.25, 0.3) is 0 Å². The van der Waals surface area contributed by atoms with Gasteiger partial charge < -0.3 is 5.32 Å². The second-order valence-electron chi connectivity index (χ2n) is 3.83. The van der Waals surface area contributed by atoms with Crippen LogP contribution in [0.3, 0.4) is 0 Å². The predicted octanol–water partition coefficient (Wildman–Crippen LogP) is 2.26. The van der Waals surface area contributed by atoms with E-state index in [2.05, 4.69) is 10.3 Å². The van der Waals surface area contributed by atoms with E-state index in [9.17, 15) is 8.78 Å². The average molecular weight is 230 g/mol. The highest BCUT2D eigenvalue weighted by Crippen LogP contribution is 2.33. The van der Waals surface area contributed by atoms with Crippen molar-refractivity contribution in [1.29, 1.82) is 0 Å². The third-order valence-corrected chi connectivity index (χ3v) is 2.63. The number of pyridine rings is 1. The second-order valence-corrected chi connectivity index (χ2v) is 4.55. The molecule has 1 unspecified atom stereocenters. The van der Waals surface area contributed by atoms with Gasteiger partial charge in [-0.15, -0.1) is 0 Å². The molecule has 0 spiro atoms. The minimum Gasteiger partial charge on any atom is -0.310 e. The Morgan fingerprint density at radius 2 is 2.20 bits per heavy atom. The number of aromatic nitrogens is 1. The molecule has 5 heteroatoms. The first kappa shape index (κ1) is 10.9. The molecule has 0 aromatic carbocycles. The lowest BCUT2D eigenvalue weighted by atomic mass is 10.2. The lowest BCUT2D eigenvalue weighted by molar-refractivity contribution is 0.0986. The molecule has 15 heavy (non-hydrogen) atoms. The molecule has 1 aromatic rings. The zero-order valence-electron chi connectivity index (χ0n) is 8.21. The van der Waals surface area contributed by atoms with Crippen LogP contribution >= 0.6 is 9.24 Å². The first-order chi connectivity index (χ1) is 7.05. The largest absolute Gasteiger partial charge is 0.310 e. The number of nitrogens with one attached hydrogen (secondary N) is 1. The fourth-order valence-corrected chi connectivity index (χ4v) is 1.45. The van der Waals surface area contributed by atoms with Gasteiger partial charge in [-0.1, -0.05) is 15.3 Å². The van der Waals surface area contributed by atoms with Crippen molar-refractivity contribution in [2.75, 3.05) is 0 Å². The van der Waals surface area contributed by atoms with Crippen LogP contribution in [0.5, 0.6) is 0 Å². The van der Waals surface area contributed by atoms with Gasteiger partial charge in [0.1, 0.15) is 5.69 Å². The molecule has 1 fully saturated rings. The minimum atomic E-state index is -2.93. The number of hydrogen-bond acceptors (Lipinski definition) is 2. The summed E-state index contributed by atoms with van der Waals surface area (Å²) in [7, 11) is 1.49. The molecular formula is C10H13F2N2P. The Bertz CT molecular complexity index is 330. The quantitative estimate of drug-likeness (QED) is 0.802. The predicted molar refractivity (Wildman–Crippen MR) is 57.7 cm³/mol. The molecule has 1 N–H and O–H groups in total. The second kappa shape index (κ2) is 4.11. The van der Waals surface area contributed by atoms with E-state index in [1.54, 1.807) is 6.07 Å². The van der Waals surface area contributed by atoms with Gasteiger partial charge in [-0.3, -0.25) is 4.98 Å². The van der Waals surface area contributed by atoms with Crippen molar-refractivity contribution >= 4 is 9.24 Å².